The van der Waals surface area contributed by atoms with E-state index in [9.17, 15) is 0 Å². The molecule has 15 heavy (non-hydrogen) atoms. The van der Waals surface area contributed by atoms with Crippen LogP contribution in [0.4, 0.5) is 11.4 Å². The van der Waals surface area contributed by atoms with Gasteiger partial charge in [0, 0.05) is 23.3 Å². The standard InChI is InChI=1S/C14H13N/c1-15(2)13-9-5-3-7-11(13)12-8-4-6-10-14(12)15/h3-9H,1-2H3/q+1. The van der Waals surface area contributed by atoms with Crippen LogP contribution in [0.5, 0.6) is 0 Å². The van der Waals surface area contributed by atoms with Gasteiger partial charge < -0.3 is 0 Å². The minimum atomic E-state index is 0.798. The third-order valence-corrected chi connectivity index (χ3v) is 3.19. The van der Waals surface area contributed by atoms with Crippen molar-refractivity contribution >= 4 is 11.4 Å². The summed E-state index contributed by atoms with van der Waals surface area (Å²) in [5.74, 6) is 0. The minimum absolute atomic E-state index is 0.798. The first-order valence-corrected chi connectivity index (χ1v) is 5.16. The summed E-state index contributed by atoms with van der Waals surface area (Å²) in [6.07, 6.45) is 0. The van der Waals surface area contributed by atoms with Gasteiger partial charge in [-0.15, -0.1) is 0 Å². The van der Waals surface area contributed by atoms with Gasteiger partial charge >= 0.3 is 0 Å². The summed E-state index contributed by atoms with van der Waals surface area (Å²) in [6, 6.07) is 18.2. The number of hydrogen-bond acceptors (Lipinski definition) is 0. The molecule has 1 radical (unpaired) electrons. The third kappa shape index (κ3) is 1.01. The zero-order chi connectivity index (χ0) is 10.5. The second-order valence-corrected chi connectivity index (χ2v) is 4.40. The van der Waals surface area contributed by atoms with Crippen LogP contribution in [0, 0.1) is 6.07 Å². The van der Waals surface area contributed by atoms with Gasteiger partial charge in [-0.3, -0.25) is 4.48 Å². The topological polar surface area (TPSA) is 0 Å². The van der Waals surface area contributed by atoms with E-state index >= 15 is 0 Å². The summed E-state index contributed by atoms with van der Waals surface area (Å²) in [5, 5.41) is 0. The van der Waals surface area contributed by atoms with Crippen LogP contribution < -0.4 is 4.48 Å². The molecule has 0 spiro atoms. The Kier molecular flexibility index (Phi) is 1.57. The Morgan fingerprint density at radius 2 is 1.67 bits per heavy atom. The first-order chi connectivity index (χ1) is 7.21. The van der Waals surface area contributed by atoms with Crippen molar-refractivity contribution in [1.29, 1.82) is 0 Å². The number of quaternary nitrogens is 1. The lowest BCUT2D eigenvalue weighted by Gasteiger charge is -2.24. The molecular weight excluding hydrogens is 182 g/mol. The number of nitrogens with zero attached hydrogens (tertiary/aromatic N) is 1. The molecule has 0 N–H and O–H groups in total. The maximum Gasteiger partial charge on any atom is 0.153 e. The molecule has 1 nitrogen and oxygen atoms in total. The summed E-state index contributed by atoms with van der Waals surface area (Å²) in [4.78, 5) is 0. The second kappa shape index (κ2) is 2.71. The Morgan fingerprint density at radius 3 is 2.53 bits per heavy atom. The van der Waals surface area contributed by atoms with Crippen LogP contribution in [0.1, 0.15) is 0 Å². The van der Waals surface area contributed by atoms with Crippen LogP contribution >= 0.6 is 0 Å². The van der Waals surface area contributed by atoms with E-state index in [-0.39, 0.29) is 0 Å². The molecule has 0 unspecified atom stereocenters. The number of hydrogen-bond donors (Lipinski definition) is 0. The predicted octanol–water partition coefficient (Wildman–Crippen LogP) is 3.37. The molecule has 3 rings (SSSR count). The Labute approximate surface area is 90.2 Å². The second-order valence-electron chi connectivity index (χ2n) is 4.40. The summed E-state index contributed by atoms with van der Waals surface area (Å²) in [6.45, 7) is 0. The van der Waals surface area contributed by atoms with Crippen molar-refractivity contribution in [3.05, 3.63) is 48.5 Å². The quantitative estimate of drug-likeness (QED) is 0.565. The van der Waals surface area contributed by atoms with Crippen LogP contribution in [0.15, 0.2) is 42.5 Å². The maximum absolute atomic E-state index is 3.36. The van der Waals surface area contributed by atoms with Gasteiger partial charge in [-0.2, -0.15) is 0 Å². The van der Waals surface area contributed by atoms with Gasteiger partial charge in [0.05, 0.1) is 14.1 Å². The largest absolute Gasteiger partial charge is 0.262 e. The Hall–Kier alpha value is -1.60. The molecule has 0 saturated heterocycles. The van der Waals surface area contributed by atoms with Crippen LogP contribution in [0.3, 0.4) is 0 Å². The van der Waals surface area contributed by atoms with Crippen molar-refractivity contribution in [2.45, 2.75) is 0 Å². The minimum Gasteiger partial charge on any atom is -0.262 e. The summed E-state index contributed by atoms with van der Waals surface area (Å²) in [7, 11) is 4.42. The Morgan fingerprint density at radius 1 is 0.933 bits per heavy atom. The van der Waals surface area contributed by atoms with E-state index in [0.717, 1.165) is 4.48 Å². The van der Waals surface area contributed by atoms with Crippen molar-refractivity contribution in [3.8, 4) is 11.1 Å². The normalized spacial score (nSPS) is 15.9. The first kappa shape index (κ1) is 8.69. The fourth-order valence-electron chi connectivity index (χ4n) is 2.42. The van der Waals surface area contributed by atoms with E-state index in [0.29, 0.717) is 0 Å². The highest BCUT2D eigenvalue weighted by atomic mass is 15.3. The van der Waals surface area contributed by atoms with Crippen LogP contribution in [-0.4, -0.2) is 14.1 Å². The molecule has 0 bridgehead atoms. The molecule has 0 amide bonds. The molecule has 73 valence electrons. The highest BCUT2D eigenvalue weighted by Gasteiger charge is 2.36. The fraction of sp³-hybridized carbons (Fsp3) is 0.143. The molecule has 1 heterocycles. The monoisotopic (exact) mass is 195 g/mol. The first-order valence-electron chi connectivity index (χ1n) is 5.16. The Bertz CT molecular complexity index is 479. The summed E-state index contributed by atoms with van der Waals surface area (Å²) >= 11 is 0. The van der Waals surface area contributed by atoms with Gasteiger partial charge in [-0.1, -0.05) is 18.2 Å². The highest BCUT2D eigenvalue weighted by molar-refractivity contribution is 5.93. The third-order valence-electron chi connectivity index (χ3n) is 3.19. The molecule has 0 aliphatic carbocycles. The van der Waals surface area contributed by atoms with Crippen molar-refractivity contribution in [2.24, 2.45) is 0 Å². The lowest BCUT2D eigenvalue weighted by molar-refractivity contribution is 0.567. The lowest BCUT2D eigenvalue weighted by Crippen LogP contribution is -2.31. The average Bonchev–Trinajstić information content (AvgIpc) is 2.51. The van der Waals surface area contributed by atoms with E-state index in [1.54, 1.807) is 0 Å². The van der Waals surface area contributed by atoms with Crippen molar-refractivity contribution in [3.63, 3.8) is 0 Å². The fourth-order valence-corrected chi connectivity index (χ4v) is 2.42. The van der Waals surface area contributed by atoms with Gasteiger partial charge in [-0.25, -0.2) is 0 Å². The molecule has 0 aromatic heterocycles. The van der Waals surface area contributed by atoms with Gasteiger partial charge in [0.15, 0.2) is 5.69 Å². The molecule has 1 aliphatic rings. The van der Waals surface area contributed by atoms with Crippen molar-refractivity contribution < 1.29 is 0 Å². The summed E-state index contributed by atoms with van der Waals surface area (Å²) in [5.41, 5.74) is 5.28. The van der Waals surface area contributed by atoms with E-state index < -0.39 is 0 Å². The smallest absolute Gasteiger partial charge is 0.153 e. The molecule has 2 aromatic carbocycles. The van der Waals surface area contributed by atoms with Crippen LogP contribution in [-0.2, 0) is 0 Å². The molecular formula is C14H13N+. The number of para-hydroxylation sites is 2. The molecule has 2 aromatic rings. The number of rotatable bonds is 0. The van der Waals surface area contributed by atoms with Gasteiger partial charge in [0.25, 0.3) is 0 Å². The zero-order valence-corrected chi connectivity index (χ0v) is 8.99. The van der Waals surface area contributed by atoms with Crippen LogP contribution in [0.2, 0.25) is 0 Å². The van der Waals surface area contributed by atoms with Gasteiger partial charge in [-0.05, 0) is 18.2 Å². The van der Waals surface area contributed by atoms with E-state index in [1.807, 2.05) is 6.07 Å². The molecule has 0 fully saturated rings. The van der Waals surface area contributed by atoms with Crippen LogP contribution in [0.25, 0.3) is 11.1 Å². The lowest BCUT2D eigenvalue weighted by atomic mass is 10.1. The zero-order valence-electron chi connectivity index (χ0n) is 8.99. The van der Waals surface area contributed by atoms with Gasteiger partial charge in [0.2, 0.25) is 0 Å². The average molecular weight is 195 g/mol. The van der Waals surface area contributed by atoms with E-state index in [4.69, 9.17) is 0 Å². The molecule has 1 aliphatic heterocycles. The van der Waals surface area contributed by atoms with Gasteiger partial charge in [0.1, 0.15) is 5.69 Å². The number of fused-ring (bicyclic) bond motifs is 3. The Balaban J connectivity index is 2.42. The van der Waals surface area contributed by atoms with Crippen molar-refractivity contribution in [2.75, 3.05) is 14.1 Å². The van der Waals surface area contributed by atoms with Crippen molar-refractivity contribution in [1.82, 2.24) is 4.48 Å². The molecule has 0 atom stereocenters. The SMILES string of the molecule is C[N+]1(C)c2[c]cccc2-c2ccccc21. The predicted molar refractivity (Wildman–Crippen MR) is 64.0 cm³/mol. The number of benzene rings is 2. The van der Waals surface area contributed by atoms with E-state index in [2.05, 4.69) is 56.6 Å². The van der Waals surface area contributed by atoms with E-state index in [1.165, 1.54) is 22.5 Å². The summed E-state index contributed by atoms with van der Waals surface area (Å²) < 4.78 is 0.798. The highest BCUT2D eigenvalue weighted by Crippen LogP contribution is 2.49. The molecule has 0 saturated carbocycles. The molecule has 1 heteroatoms. The maximum atomic E-state index is 3.36.